The van der Waals surface area contributed by atoms with Crippen LogP contribution in [0.25, 0.3) is 0 Å². The van der Waals surface area contributed by atoms with Crippen molar-refractivity contribution < 1.29 is 4.43 Å². The van der Waals surface area contributed by atoms with Crippen molar-refractivity contribution in [2.45, 2.75) is 167 Å². The highest BCUT2D eigenvalue weighted by molar-refractivity contribution is 7.80. The van der Waals surface area contributed by atoms with Crippen LogP contribution in [0.1, 0.15) is 149 Å². The van der Waals surface area contributed by atoms with E-state index in [-0.39, 0.29) is 0 Å². The van der Waals surface area contributed by atoms with E-state index in [0.29, 0.717) is 0 Å². The lowest BCUT2D eigenvalue weighted by Gasteiger charge is -2.32. The van der Waals surface area contributed by atoms with Crippen LogP contribution in [-0.4, -0.2) is 46.2 Å². The first kappa shape index (κ1) is 35.5. The normalized spacial score (nSPS) is 12.2. The van der Waals surface area contributed by atoms with Crippen LogP contribution in [-0.2, 0) is 4.43 Å². The summed E-state index contributed by atoms with van der Waals surface area (Å²) >= 11 is 4.57. The van der Waals surface area contributed by atoms with E-state index in [9.17, 15) is 0 Å². The fourth-order valence-corrected chi connectivity index (χ4v) is 10.1. The average Bonchev–Trinajstić information content (AvgIpc) is 2.84. The van der Waals surface area contributed by atoms with E-state index in [1.165, 1.54) is 153 Å². The van der Waals surface area contributed by atoms with Crippen LogP contribution in [0.15, 0.2) is 0 Å². The number of hydrogen-bond donors (Lipinski definition) is 1. The molecule has 0 unspecified atom stereocenters. The topological polar surface area (TPSA) is 12.5 Å². The Morgan fingerprint density at radius 2 is 0.857 bits per heavy atom. The van der Waals surface area contributed by atoms with Crippen LogP contribution >= 0.6 is 12.6 Å². The Kier molecular flexibility index (Phi) is 27.9. The quantitative estimate of drug-likeness (QED) is 0.0587. The Morgan fingerprint density at radius 1 is 0.514 bits per heavy atom. The first-order valence-electron chi connectivity index (χ1n) is 16.0. The molecule has 35 heavy (non-hydrogen) atoms. The monoisotopic (exact) mass is 529 g/mol. The molecule has 0 aliphatic carbocycles. The molecule has 0 aliphatic heterocycles. The second-order valence-electron chi connectivity index (χ2n) is 11.5. The minimum Gasteiger partial charge on any atom is -0.416 e. The van der Waals surface area contributed by atoms with Crippen molar-refractivity contribution in [3.05, 3.63) is 0 Å². The summed E-state index contributed by atoms with van der Waals surface area (Å²) in [4.78, 5) is 2.28. The molecule has 0 radical (unpaired) electrons. The van der Waals surface area contributed by atoms with E-state index in [1.54, 1.807) is 0 Å². The SMILES string of the molecule is CCCCCCCCCCCC[Si](CCCS)(CCCCCCCCCCCC)OCCN(C)C. The summed E-state index contributed by atoms with van der Waals surface area (Å²) in [7, 11) is 2.70. The van der Waals surface area contributed by atoms with Gasteiger partial charge in [0.2, 0.25) is 0 Å². The van der Waals surface area contributed by atoms with Crippen molar-refractivity contribution in [3.8, 4) is 0 Å². The first-order valence-corrected chi connectivity index (χ1v) is 19.2. The maximum Gasteiger partial charge on any atom is 0.192 e. The van der Waals surface area contributed by atoms with E-state index in [4.69, 9.17) is 4.43 Å². The number of unbranched alkanes of at least 4 members (excludes halogenated alkanes) is 18. The number of thiol groups is 1. The van der Waals surface area contributed by atoms with Crippen molar-refractivity contribution >= 4 is 20.9 Å². The zero-order chi connectivity index (χ0) is 25.9. The molecule has 0 fully saturated rings. The van der Waals surface area contributed by atoms with Crippen LogP contribution in [0.2, 0.25) is 18.1 Å². The Morgan fingerprint density at radius 3 is 1.20 bits per heavy atom. The Hall–Kier alpha value is 0.487. The molecule has 0 aliphatic rings. The van der Waals surface area contributed by atoms with Crippen molar-refractivity contribution in [3.63, 3.8) is 0 Å². The van der Waals surface area contributed by atoms with Gasteiger partial charge in [-0.15, -0.1) is 0 Å². The van der Waals surface area contributed by atoms with Crippen LogP contribution in [0.5, 0.6) is 0 Å². The molecule has 2 nitrogen and oxygen atoms in total. The minimum atomic E-state index is -1.64. The van der Waals surface area contributed by atoms with Crippen LogP contribution in [0, 0.1) is 0 Å². The summed E-state index contributed by atoms with van der Waals surface area (Å²) < 4.78 is 6.87. The van der Waals surface area contributed by atoms with Crippen LogP contribution < -0.4 is 0 Å². The van der Waals surface area contributed by atoms with Crippen molar-refractivity contribution in [2.24, 2.45) is 0 Å². The van der Waals surface area contributed by atoms with Gasteiger partial charge < -0.3 is 9.33 Å². The number of likely N-dealkylation sites (N-methyl/N-ethyl adjacent to an activating group) is 1. The van der Waals surface area contributed by atoms with Gasteiger partial charge in [0.1, 0.15) is 0 Å². The fraction of sp³-hybridized carbons (Fsp3) is 1.00. The molecule has 0 saturated carbocycles. The molecular weight excluding hydrogens is 463 g/mol. The Labute approximate surface area is 229 Å². The third-order valence-corrected chi connectivity index (χ3v) is 12.6. The maximum atomic E-state index is 6.87. The number of nitrogens with zero attached hydrogens (tertiary/aromatic N) is 1. The largest absolute Gasteiger partial charge is 0.416 e. The van der Waals surface area contributed by atoms with E-state index < -0.39 is 8.32 Å². The van der Waals surface area contributed by atoms with Gasteiger partial charge in [0.15, 0.2) is 8.32 Å². The molecule has 212 valence electrons. The molecule has 0 bridgehead atoms. The zero-order valence-electron chi connectivity index (χ0n) is 24.9. The first-order chi connectivity index (χ1) is 17.1. The second-order valence-corrected chi connectivity index (χ2v) is 16.1. The lowest BCUT2D eigenvalue weighted by Crippen LogP contribution is -2.40. The summed E-state index contributed by atoms with van der Waals surface area (Å²) in [6.07, 6.45) is 29.8. The third kappa shape index (κ3) is 24.6. The molecule has 0 aromatic rings. The van der Waals surface area contributed by atoms with Gasteiger partial charge in [0.25, 0.3) is 0 Å². The number of hydrogen-bond acceptors (Lipinski definition) is 3. The lowest BCUT2D eigenvalue weighted by atomic mass is 10.1. The van der Waals surface area contributed by atoms with Crippen LogP contribution in [0.3, 0.4) is 0 Å². The molecule has 4 heteroatoms. The molecule has 0 saturated heterocycles. The van der Waals surface area contributed by atoms with E-state index in [0.717, 1.165) is 18.9 Å². The molecular formula is C31H67NOSSi. The summed E-state index contributed by atoms with van der Waals surface area (Å²) in [5, 5.41) is 0. The molecule has 0 atom stereocenters. The van der Waals surface area contributed by atoms with Crippen molar-refractivity contribution in [1.29, 1.82) is 0 Å². The average molecular weight is 530 g/mol. The smallest absolute Gasteiger partial charge is 0.192 e. The highest BCUT2D eigenvalue weighted by Gasteiger charge is 2.33. The summed E-state index contributed by atoms with van der Waals surface area (Å²) in [6.45, 7) is 6.60. The van der Waals surface area contributed by atoms with E-state index in [2.05, 4.69) is 45.5 Å². The third-order valence-electron chi connectivity index (χ3n) is 7.71. The van der Waals surface area contributed by atoms with Gasteiger partial charge in [-0.05, 0) is 44.4 Å². The zero-order valence-corrected chi connectivity index (χ0v) is 26.8. The van der Waals surface area contributed by atoms with Gasteiger partial charge in [0, 0.05) is 13.2 Å². The minimum absolute atomic E-state index is 0.932. The van der Waals surface area contributed by atoms with E-state index in [1.807, 2.05) is 0 Å². The van der Waals surface area contributed by atoms with Crippen molar-refractivity contribution in [1.82, 2.24) is 4.90 Å². The molecule has 0 spiro atoms. The molecule has 0 N–H and O–H groups in total. The predicted molar refractivity (Wildman–Crippen MR) is 167 cm³/mol. The Bertz CT molecular complexity index is 383. The number of rotatable bonds is 29. The van der Waals surface area contributed by atoms with Crippen LogP contribution in [0.4, 0.5) is 0 Å². The molecule has 0 rings (SSSR count). The molecule has 0 heterocycles. The molecule has 0 aromatic carbocycles. The van der Waals surface area contributed by atoms with Gasteiger partial charge in [-0.1, -0.05) is 142 Å². The molecule has 0 aromatic heterocycles. The van der Waals surface area contributed by atoms with Gasteiger partial charge in [0.05, 0.1) is 0 Å². The molecule has 0 amide bonds. The van der Waals surface area contributed by atoms with Gasteiger partial charge in [-0.3, -0.25) is 0 Å². The Balaban J connectivity index is 4.35. The highest BCUT2D eigenvalue weighted by Crippen LogP contribution is 2.30. The van der Waals surface area contributed by atoms with Gasteiger partial charge in [-0.2, -0.15) is 12.6 Å². The predicted octanol–water partition coefficient (Wildman–Crippen LogP) is 10.7. The summed E-state index contributed by atoms with van der Waals surface area (Å²) in [6, 6.07) is 4.11. The fourth-order valence-electron chi connectivity index (χ4n) is 5.31. The highest BCUT2D eigenvalue weighted by atomic mass is 32.1. The lowest BCUT2D eigenvalue weighted by molar-refractivity contribution is 0.245. The summed E-state index contributed by atoms with van der Waals surface area (Å²) in [5.74, 6) is 1.02. The summed E-state index contributed by atoms with van der Waals surface area (Å²) in [5.41, 5.74) is 0. The van der Waals surface area contributed by atoms with Gasteiger partial charge in [-0.25, -0.2) is 0 Å². The van der Waals surface area contributed by atoms with E-state index >= 15 is 0 Å². The van der Waals surface area contributed by atoms with Gasteiger partial charge >= 0.3 is 0 Å². The standard InChI is InChI=1S/C31H67NOSSi/c1-5-7-9-11-13-15-17-19-21-23-29-35(31-25-28-34,33-27-26-32(3)4)30-24-22-20-18-16-14-12-10-8-6-2/h34H,5-31H2,1-4H3. The second kappa shape index (κ2) is 27.5. The van der Waals surface area contributed by atoms with Crippen molar-refractivity contribution in [2.75, 3.05) is 33.0 Å². The maximum absolute atomic E-state index is 6.87.